The number of nitrogens with one attached hydrogen (secondary N) is 2. The molecule has 1 atom stereocenters. The lowest BCUT2D eigenvalue weighted by molar-refractivity contribution is -0.123. The summed E-state index contributed by atoms with van der Waals surface area (Å²) in [6, 6.07) is -0.0679. The second-order valence-corrected chi connectivity index (χ2v) is 5.05. The Morgan fingerprint density at radius 3 is 2.74 bits per heavy atom. The van der Waals surface area contributed by atoms with E-state index in [9.17, 15) is 4.79 Å². The van der Waals surface area contributed by atoms with E-state index < -0.39 is 0 Å². The van der Waals surface area contributed by atoms with Crippen molar-refractivity contribution in [2.24, 2.45) is 0 Å². The first-order chi connectivity index (χ1) is 9.08. The molecular weight excluding hydrogens is 244 g/mol. The third kappa shape index (κ3) is 3.54. The molecule has 0 spiro atoms. The van der Waals surface area contributed by atoms with Crippen LogP contribution in [-0.2, 0) is 4.79 Å². The Kier molecular flexibility index (Phi) is 4.55. The molecule has 6 heteroatoms. The summed E-state index contributed by atoms with van der Waals surface area (Å²) in [5.41, 5.74) is 1.82. The van der Waals surface area contributed by atoms with E-state index in [-0.39, 0.29) is 11.9 Å². The first kappa shape index (κ1) is 14.0. The fourth-order valence-corrected chi connectivity index (χ4v) is 2.54. The van der Waals surface area contributed by atoms with Gasteiger partial charge in [0.2, 0.25) is 5.91 Å². The average Bonchev–Trinajstić information content (AvgIpc) is 2.70. The van der Waals surface area contributed by atoms with Crippen LogP contribution in [0.5, 0.6) is 0 Å². The van der Waals surface area contributed by atoms with Gasteiger partial charge in [-0.2, -0.15) is 0 Å². The Morgan fingerprint density at radius 2 is 2.16 bits per heavy atom. The highest BCUT2D eigenvalue weighted by molar-refractivity contribution is 5.78. The van der Waals surface area contributed by atoms with E-state index >= 15 is 0 Å². The fourth-order valence-electron chi connectivity index (χ4n) is 2.54. The maximum atomic E-state index is 12.0. The van der Waals surface area contributed by atoms with Gasteiger partial charge in [0.05, 0.1) is 18.3 Å². The summed E-state index contributed by atoms with van der Waals surface area (Å²) in [5, 5.41) is 10.2. The molecule has 1 aliphatic rings. The van der Waals surface area contributed by atoms with Crippen molar-refractivity contribution >= 4 is 5.91 Å². The van der Waals surface area contributed by atoms with Gasteiger partial charge in [-0.15, -0.1) is 0 Å². The van der Waals surface area contributed by atoms with Gasteiger partial charge in [0.15, 0.2) is 0 Å². The molecule has 1 saturated heterocycles. The molecule has 1 aromatic heterocycles. The maximum Gasteiger partial charge on any atom is 0.234 e. The van der Waals surface area contributed by atoms with Crippen molar-refractivity contribution in [3.8, 4) is 0 Å². The summed E-state index contributed by atoms with van der Waals surface area (Å²) in [5.74, 6) is 0.821. The molecule has 2 N–H and O–H groups in total. The van der Waals surface area contributed by atoms with Gasteiger partial charge in [-0.1, -0.05) is 5.16 Å². The lowest BCUT2D eigenvalue weighted by Crippen LogP contribution is -2.47. The quantitative estimate of drug-likeness (QED) is 0.824. The van der Waals surface area contributed by atoms with E-state index in [1.807, 2.05) is 20.8 Å². The summed E-state index contributed by atoms with van der Waals surface area (Å²) >= 11 is 0. The van der Waals surface area contributed by atoms with Crippen LogP contribution in [-0.4, -0.2) is 48.7 Å². The second-order valence-electron chi connectivity index (χ2n) is 5.05. The molecule has 2 heterocycles. The molecule has 1 unspecified atom stereocenters. The number of hydrogen-bond donors (Lipinski definition) is 2. The van der Waals surface area contributed by atoms with E-state index in [0.717, 1.165) is 43.2 Å². The van der Waals surface area contributed by atoms with Gasteiger partial charge < -0.3 is 15.2 Å². The minimum Gasteiger partial charge on any atom is -0.361 e. The van der Waals surface area contributed by atoms with Crippen molar-refractivity contribution < 1.29 is 9.32 Å². The molecule has 6 nitrogen and oxygen atoms in total. The molecule has 106 valence electrons. The molecule has 1 amide bonds. The highest BCUT2D eigenvalue weighted by Gasteiger charge is 2.20. The molecule has 0 radical (unpaired) electrons. The molecule has 0 saturated carbocycles. The predicted octanol–water partition coefficient (Wildman–Crippen LogP) is 0.374. The minimum atomic E-state index is -0.0679. The van der Waals surface area contributed by atoms with E-state index in [1.165, 1.54) is 0 Å². The SMILES string of the molecule is Cc1noc(C)c1C(C)NC(=O)CN1CCNCC1. The number of aryl methyl sites for hydroxylation is 2. The number of aromatic nitrogens is 1. The number of carbonyl (C=O) groups is 1. The van der Waals surface area contributed by atoms with Crippen LogP contribution in [0.25, 0.3) is 0 Å². The monoisotopic (exact) mass is 266 g/mol. The van der Waals surface area contributed by atoms with E-state index in [4.69, 9.17) is 4.52 Å². The lowest BCUT2D eigenvalue weighted by Gasteiger charge is -2.27. The maximum absolute atomic E-state index is 12.0. The van der Waals surface area contributed by atoms with E-state index in [2.05, 4.69) is 20.7 Å². The van der Waals surface area contributed by atoms with Crippen molar-refractivity contribution in [3.63, 3.8) is 0 Å². The van der Waals surface area contributed by atoms with Gasteiger partial charge in [-0.05, 0) is 20.8 Å². The van der Waals surface area contributed by atoms with Gasteiger partial charge in [-0.3, -0.25) is 9.69 Å². The van der Waals surface area contributed by atoms with Gasteiger partial charge in [0.25, 0.3) is 0 Å². The first-order valence-corrected chi connectivity index (χ1v) is 6.73. The molecule has 19 heavy (non-hydrogen) atoms. The van der Waals surface area contributed by atoms with E-state index in [1.54, 1.807) is 0 Å². The third-order valence-corrected chi connectivity index (χ3v) is 3.48. The van der Waals surface area contributed by atoms with E-state index in [0.29, 0.717) is 6.54 Å². The van der Waals surface area contributed by atoms with Gasteiger partial charge in [0, 0.05) is 31.7 Å². The van der Waals surface area contributed by atoms with Crippen LogP contribution < -0.4 is 10.6 Å². The Bertz CT molecular complexity index is 418. The number of hydrogen-bond acceptors (Lipinski definition) is 5. The molecule has 1 aromatic rings. The molecule has 0 bridgehead atoms. The molecule has 2 rings (SSSR count). The smallest absolute Gasteiger partial charge is 0.234 e. The summed E-state index contributed by atoms with van der Waals surface area (Å²) < 4.78 is 5.13. The standard InChI is InChI=1S/C13H22N4O2/c1-9(13-10(2)16-19-11(13)3)15-12(18)8-17-6-4-14-5-7-17/h9,14H,4-8H2,1-3H3,(H,15,18). The molecular formula is C13H22N4O2. The Labute approximate surface area is 113 Å². The summed E-state index contributed by atoms with van der Waals surface area (Å²) in [6.45, 7) is 9.93. The normalized spacial score (nSPS) is 18.3. The molecule has 0 aliphatic carbocycles. The highest BCUT2D eigenvalue weighted by Crippen LogP contribution is 2.20. The number of nitrogens with zero attached hydrogens (tertiary/aromatic N) is 2. The van der Waals surface area contributed by atoms with Crippen molar-refractivity contribution in [1.82, 2.24) is 20.7 Å². The van der Waals surface area contributed by atoms with Crippen molar-refractivity contribution in [2.75, 3.05) is 32.7 Å². The summed E-state index contributed by atoms with van der Waals surface area (Å²) in [4.78, 5) is 14.2. The summed E-state index contributed by atoms with van der Waals surface area (Å²) in [7, 11) is 0. The Morgan fingerprint density at radius 1 is 1.47 bits per heavy atom. The number of amides is 1. The second kappa shape index (κ2) is 6.16. The zero-order chi connectivity index (χ0) is 13.8. The molecule has 0 aromatic carbocycles. The lowest BCUT2D eigenvalue weighted by atomic mass is 10.1. The zero-order valence-electron chi connectivity index (χ0n) is 11.8. The van der Waals surface area contributed by atoms with Gasteiger partial charge in [0.1, 0.15) is 5.76 Å². The van der Waals surface area contributed by atoms with Crippen molar-refractivity contribution in [3.05, 3.63) is 17.0 Å². The van der Waals surface area contributed by atoms with Gasteiger partial charge >= 0.3 is 0 Å². The highest BCUT2D eigenvalue weighted by atomic mass is 16.5. The summed E-state index contributed by atoms with van der Waals surface area (Å²) in [6.07, 6.45) is 0. The number of rotatable bonds is 4. The van der Waals surface area contributed by atoms with Crippen LogP contribution in [0.15, 0.2) is 4.52 Å². The van der Waals surface area contributed by atoms with Crippen LogP contribution in [0, 0.1) is 13.8 Å². The number of piperazine rings is 1. The van der Waals surface area contributed by atoms with Crippen LogP contribution in [0.2, 0.25) is 0 Å². The average molecular weight is 266 g/mol. The predicted molar refractivity (Wildman–Crippen MR) is 71.8 cm³/mol. The Hall–Kier alpha value is -1.40. The van der Waals surface area contributed by atoms with Crippen molar-refractivity contribution in [2.45, 2.75) is 26.8 Å². The van der Waals surface area contributed by atoms with Crippen LogP contribution in [0.4, 0.5) is 0 Å². The minimum absolute atomic E-state index is 0.0504. The van der Waals surface area contributed by atoms with Crippen LogP contribution in [0.1, 0.15) is 30.0 Å². The first-order valence-electron chi connectivity index (χ1n) is 6.73. The van der Waals surface area contributed by atoms with Crippen molar-refractivity contribution in [1.29, 1.82) is 0 Å². The molecule has 1 aliphatic heterocycles. The topological polar surface area (TPSA) is 70.4 Å². The largest absolute Gasteiger partial charge is 0.361 e. The zero-order valence-corrected chi connectivity index (χ0v) is 11.8. The van der Waals surface area contributed by atoms with Crippen LogP contribution in [0.3, 0.4) is 0 Å². The third-order valence-electron chi connectivity index (χ3n) is 3.48. The Balaban J connectivity index is 1.88. The van der Waals surface area contributed by atoms with Gasteiger partial charge in [-0.25, -0.2) is 0 Å². The molecule has 1 fully saturated rings. The van der Waals surface area contributed by atoms with Crippen LogP contribution >= 0.6 is 0 Å². The fraction of sp³-hybridized carbons (Fsp3) is 0.692. The number of carbonyl (C=O) groups excluding carboxylic acids is 1.